The second kappa shape index (κ2) is 14.6. The molecule has 4 aromatic rings. The molecule has 38 heavy (non-hydrogen) atoms. The second-order valence-corrected chi connectivity index (χ2v) is 11.2. The van der Waals surface area contributed by atoms with E-state index < -0.39 is 0 Å². The molecule has 0 amide bonds. The van der Waals surface area contributed by atoms with Crippen molar-refractivity contribution in [2.75, 3.05) is 0 Å². The van der Waals surface area contributed by atoms with Crippen molar-refractivity contribution in [3.05, 3.63) is 76.2 Å². The van der Waals surface area contributed by atoms with E-state index in [1.54, 1.807) is 0 Å². The van der Waals surface area contributed by atoms with Gasteiger partial charge in [0.1, 0.15) is 0 Å². The van der Waals surface area contributed by atoms with E-state index in [0.29, 0.717) is 4.71 Å². The topological polar surface area (TPSA) is 13.1 Å². The summed E-state index contributed by atoms with van der Waals surface area (Å²) in [6.07, 6.45) is 17.0. The first kappa shape index (κ1) is 28.5. The number of fused-ring (bicyclic) bond motifs is 3. The van der Waals surface area contributed by atoms with Crippen LogP contribution in [0.2, 0.25) is 0 Å². The molecule has 1 aromatic heterocycles. The Bertz CT molecular complexity index is 1370. The molecule has 0 N–H and O–H groups in total. The molecule has 0 unspecified atom stereocenters. The molecule has 0 saturated heterocycles. The van der Waals surface area contributed by atoms with Crippen LogP contribution in [0.4, 0.5) is 4.39 Å². The highest BCUT2D eigenvalue weighted by Gasteiger charge is 2.14. The molecule has 3 heteroatoms. The average molecular weight is 531 g/mol. The van der Waals surface area contributed by atoms with Gasteiger partial charge in [-0.2, -0.15) is 0 Å². The standard InChI is InChI=1S/C35H43FOS/c1-3-5-7-9-10-12-13-15-26-17-19-27(20-18-26)29-22-23-30-31-24-21-28(16-14-11-8-6-4-2)33(36)34(31)37-35(38)32(30)25-29/h17-25H,3-16H2,1-2H3. The van der Waals surface area contributed by atoms with E-state index in [2.05, 4.69) is 56.3 Å². The Kier molecular flexibility index (Phi) is 10.9. The second-order valence-electron chi connectivity index (χ2n) is 10.8. The van der Waals surface area contributed by atoms with Gasteiger partial charge in [0.15, 0.2) is 16.1 Å². The molecular weight excluding hydrogens is 487 g/mol. The zero-order chi connectivity index (χ0) is 26.7. The highest BCUT2D eigenvalue weighted by molar-refractivity contribution is 7.71. The van der Waals surface area contributed by atoms with E-state index in [1.807, 2.05) is 12.1 Å². The molecule has 0 saturated carbocycles. The summed E-state index contributed by atoms with van der Waals surface area (Å²) in [5, 5.41) is 2.60. The fourth-order valence-corrected chi connectivity index (χ4v) is 5.70. The minimum absolute atomic E-state index is 0.258. The first-order valence-corrected chi connectivity index (χ1v) is 15.3. The zero-order valence-electron chi connectivity index (χ0n) is 23.3. The smallest absolute Gasteiger partial charge is 0.198 e. The summed E-state index contributed by atoms with van der Waals surface area (Å²) in [7, 11) is 0. The maximum absolute atomic E-state index is 15.4. The lowest BCUT2D eigenvalue weighted by Gasteiger charge is -2.10. The Morgan fingerprint density at radius 3 is 1.87 bits per heavy atom. The van der Waals surface area contributed by atoms with Crippen LogP contribution in [0, 0.1) is 10.5 Å². The van der Waals surface area contributed by atoms with Crippen LogP contribution in [0.5, 0.6) is 0 Å². The molecule has 1 heterocycles. The summed E-state index contributed by atoms with van der Waals surface area (Å²) in [6.45, 7) is 4.47. The van der Waals surface area contributed by atoms with Gasteiger partial charge in [0.05, 0.1) is 0 Å². The third kappa shape index (κ3) is 7.32. The summed E-state index contributed by atoms with van der Waals surface area (Å²) < 4.78 is 21.7. The van der Waals surface area contributed by atoms with Gasteiger partial charge in [0.2, 0.25) is 0 Å². The van der Waals surface area contributed by atoms with Crippen molar-refractivity contribution in [2.24, 2.45) is 0 Å². The van der Waals surface area contributed by atoms with E-state index in [0.717, 1.165) is 58.5 Å². The third-order valence-electron chi connectivity index (χ3n) is 7.81. The summed E-state index contributed by atoms with van der Waals surface area (Å²) >= 11 is 5.61. The third-order valence-corrected chi connectivity index (χ3v) is 8.11. The van der Waals surface area contributed by atoms with Gasteiger partial charge in [0.25, 0.3) is 0 Å². The van der Waals surface area contributed by atoms with E-state index >= 15 is 4.39 Å². The molecule has 202 valence electrons. The van der Waals surface area contributed by atoms with E-state index in [4.69, 9.17) is 16.6 Å². The molecular formula is C35H43FOS. The Morgan fingerprint density at radius 1 is 0.605 bits per heavy atom. The van der Waals surface area contributed by atoms with Crippen LogP contribution in [0.3, 0.4) is 0 Å². The van der Waals surface area contributed by atoms with Crippen molar-refractivity contribution in [1.29, 1.82) is 0 Å². The van der Waals surface area contributed by atoms with E-state index in [1.165, 1.54) is 69.8 Å². The van der Waals surface area contributed by atoms with Crippen LogP contribution in [0.25, 0.3) is 32.9 Å². The van der Waals surface area contributed by atoms with Crippen LogP contribution in [-0.4, -0.2) is 0 Å². The highest BCUT2D eigenvalue weighted by atomic mass is 32.1. The van der Waals surface area contributed by atoms with Crippen LogP contribution in [0.1, 0.15) is 102 Å². The molecule has 0 fully saturated rings. The van der Waals surface area contributed by atoms with Gasteiger partial charge in [0, 0.05) is 10.8 Å². The number of halogens is 1. The van der Waals surface area contributed by atoms with Gasteiger partial charge >= 0.3 is 0 Å². The number of benzene rings is 3. The molecule has 0 bridgehead atoms. The minimum Gasteiger partial charge on any atom is -0.441 e. The average Bonchev–Trinajstić information content (AvgIpc) is 2.94. The van der Waals surface area contributed by atoms with Crippen molar-refractivity contribution < 1.29 is 8.81 Å². The first-order valence-electron chi connectivity index (χ1n) is 14.9. The molecule has 1 nitrogen and oxygen atoms in total. The largest absolute Gasteiger partial charge is 0.441 e. The number of unbranched alkanes of at least 4 members (excludes halogenated alkanes) is 10. The molecule has 0 radical (unpaired) electrons. The Hall–Kier alpha value is -2.52. The Labute approximate surface area is 233 Å². The monoisotopic (exact) mass is 530 g/mol. The number of hydrogen-bond donors (Lipinski definition) is 0. The zero-order valence-corrected chi connectivity index (χ0v) is 24.1. The minimum atomic E-state index is -0.258. The summed E-state index contributed by atoms with van der Waals surface area (Å²) in [5.74, 6) is -0.258. The molecule has 0 atom stereocenters. The van der Waals surface area contributed by atoms with Crippen molar-refractivity contribution >= 4 is 34.0 Å². The fraction of sp³-hybridized carbons (Fsp3) is 0.457. The van der Waals surface area contributed by atoms with Crippen molar-refractivity contribution in [1.82, 2.24) is 0 Å². The molecule has 0 spiro atoms. The molecule has 3 aromatic carbocycles. The van der Waals surface area contributed by atoms with Crippen molar-refractivity contribution in [3.63, 3.8) is 0 Å². The summed E-state index contributed by atoms with van der Waals surface area (Å²) in [6, 6.07) is 19.1. The van der Waals surface area contributed by atoms with Gasteiger partial charge < -0.3 is 4.42 Å². The lowest BCUT2D eigenvalue weighted by molar-refractivity contribution is 0.535. The number of aryl methyl sites for hydroxylation is 2. The van der Waals surface area contributed by atoms with E-state index in [9.17, 15) is 0 Å². The van der Waals surface area contributed by atoms with Gasteiger partial charge in [-0.3, -0.25) is 0 Å². The maximum atomic E-state index is 15.4. The predicted molar refractivity (Wildman–Crippen MR) is 164 cm³/mol. The Morgan fingerprint density at radius 2 is 1.18 bits per heavy atom. The van der Waals surface area contributed by atoms with Gasteiger partial charge in [-0.1, -0.05) is 127 Å². The van der Waals surface area contributed by atoms with Gasteiger partial charge in [-0.05, 0) is 71.6 Å². The molecule has 0 aliphatic carbocycles. The van der Waals surface area contributed by atoms with Crippen molar-refractivity contribution in [3.8, 4) is 11.1 Å². The lowest BCUT2D eigenvalue weighted by atomic mass is 9.97. The quantitative estimate of drug-likeness (QED) is 0.0861. The molecule has 0 aliphatic heterocycles. The van der Waals surface area contributed by atoms with E-state index in [-0.39, 0.29) is 11.4 Å². The maximum Gasteiger partial charge on any atom is 0.198 e. The fourth-order valence-electron chi connectivity index (χ4n) is 5.45. The van der Waals surface area contributed by atoms with Crippen LogP contribution in [0.15, 0.2) is 59.0 Å². The van der Waals surface area contributed by atoms with Gasteiger partial charge in [-0.25, -0.2) is 4.39 Å². The van der Waals surface area contributed by atoms with Crippen LogP contribution >= 0.6 is 12.2 Å². The van der Waals surface area contributed by atoms with Gasteiger partial charge in [-0.15, -0.1) is 0 Å². The molecule has 4 rings (SSSR count). The first-order chi connectivity index (χ1) is 18.6. The molecule has 0 aliphatic rings. The number of hydrogen-bond acceptors (Lipinski definition) is 2. The highest BCUT2D eigenvalue weighted by Crippen LogP contribution is 2.33. The summed E-state index contributed by atoms with van der Waals surface area (Å²) in [4.78, 5) is 0. The number of rotatable bonds is 15. The predicted octanol–water partition coefficient (Wildman–Crippen LogP) is 11.9. The Balaban J connectivity index is 1.46. The van der Waals surface area contributed by atoms with Crippen molar-refractivity contribution in [2.45, 2.75) is 104 Å². The van der Waals surface area contributed by atoms with Crippen LogP contribution < -0.4 is 0 Å². The van der Waals surface area contributed by atoms with Crippen LogP contribution in [-0.2, 0) is 12.8 Å². The lowest BCUT2D eigenvalue weighted by Crippen LogP contribution is -1.94. The summed E-state index contributed by atoms with van der Waals surface area (Å²) in [5.41, 5.74) is 4.67. The normalized spacial score (nSPS) is 11.6. The SMILES string of the molecule is CCCCCCCCCc1ccc(-c2ccc3c(c2)c(=S)oc2c(F)c(CCCCCCC)ccc23)cc1.